The monoisotopic (exact) mass is 276 g/mol. The van der Waals surface area contributed by atoms with Crippen molar-refractivity contribution in [2.75, 3.05) is 5.88 Å². The van der Waals surface area contributed by atoms with E-state index in [1.54, 1.807) is 18.2 Å². The van der Waals surface area contributed by atoms with E-state index in [-0.39, 0.29) is 0 Å². The third kappa shape index (κ3) is 2.32. The Morgan fingerprint density at radius 1 is 1.19 bits per heavy atom. The second-order valence-electron chi connectivity index (χ2n) is 3.04. The second kappa shape index (κ2) is 5.04. The van der Waals surface area contributed by atoms with Crippen LogP contribution in [-0.2, 0) is 6.42 Å². The van der Waals surface area contributed by atoms with Gasteiger partial charge in [0.25, 0.3) is 0 Å². The molecule has 0 aliphatic heterocycles. The number of benzene rings is 1. The van der Waals surface area contributed by atoms with Crippen molar-refractivity contribution in [1.82, 2.24) is 10.2 Å². The lowest BCUT2D eigenvalue weighted by atomic mass is 10.2. The summed E-state index contributed by atoms with van der Waals surface area (Å²) in [6.07, 6.45) is 0.534. The molecule has 0 saturated carbocycles. The summed E-state index contributed by atoms with van der Waals surface area (Å²) in [5.41, 5.74) is 0.627. The maximum absolute atomic E-state index is 6.03. The van der Waals surface area contributed by atoms with Crippen molar-refractivity contribution in [1.29, 1.82) is 0 Å². The maximum Gasteiger partial charge on any atom is 0.249 e. The van der Waals surface area contributed by atoms with Crippen molar-refractivity contribution < 1.29 is 4.42 Å². The molecular weight excluding hydrogens is 270 g/mol. The lowest BCUT2D eigenvalue weighted by Gasteiger charge is -1.99. The van der Waals surface area contributed by atoms with Crippen LogP contribution in [0.5, 0.6) is 0 Å². The van der Waals surface area contributed by atoms with Crippen LogP contribution in [0.25, 0.3) is 11.5 Å². The predicted molar refractivity (Wildman–Crippen MR) is 64.2 cm³/mol. The Bertz CT molecular complexity index is 499. The Morgan fingerprint density at radius 3 is 2.75 bits per heavy atom. The van der Waals surface area contributed by atoms with E-state index in [4.69, 9.17) is 39.2 Å². The first-order chi connectivity index (χ1) is 7.72. The Kier molecular flexibility index (Phi) is 3.69. The minimum absolute atomic E-state index is 0.354. The highest BCUT2D eigenvalue weighted by atomic mass is 35.5. The normalized spacial score (nSPS) is 10.7. The number of rotatable bonds is 3. The maximum atomic E-state index is 6.03. The number of halogens is 3. The fourth-order valence-electron chi connectivity index (χ4n) is 1.21. The van der Waals surface area contributed by atoms with Crippen molar-refractivity contribution in [3.05, 3.63) is 34.1 Å². The number of hydrogen-bond acceptors (Lipinski definition) is 3. The lowest BCUT2D eigenvalue weighted by molar-refractivity contribution is 0.514. The molecule has 6 heteroatoms. The zero-order valence-electron chi connectivity index (χ0n) is 8.08. The number of nitrogens with zero attached hydrogens (tertiary/aromatic N) is 2. The van der Waals surface area contributed by atoms with Crippen molar-refractivity contribution in [2.45, 2.75) is 6.42 Å². The summed E-state index contributed by atoms with van der Waals surface area (Å²) in [5.74, 6) is 1.28. The summed E-state index contributed by atoms with van der Waals surface area (Å²) in [5, 5.41) is 8.60. The number of aromatic nitrogens is 2. The minimum Gasteiger partial charge on any atom is -0.421 e. The first kappa shape index (κ1) is 11.7. The first-order valence-electron chi connectivity index (χ1n) is 4.55. The predicted octanol–water partition coefficient (Wildman–Crippen LogP) is 3.82. The van der Waals surface area contributed by atoms with Gasteiger partial charge in [-0.2, -0.15) is 0 Å². The van der Waals surface area contributed by atoms with E-state index in [1.165, 1.54) is 0 Å². The third-order valence-corrected chi connectivity index (χ3v) is 2.97. The van der Waals surface area contributed by atoms with Gasteiger partial charge in [0.2, 0.25) is 11.8 Å². The van der Waals surface area contributed by atoms with Crippen molar-refractivity contribution in [3.8, 4) is 11.5 Å². The summed E-state index contributed by atoms with van der Waals surface area (Å²) < 4.78 is 5.40. The van der Waals surface area contributed by atoms with Gasteiger partial charge >= 0.3 is 0 Å². The van der Waals surface area contributed by atoms with Gasteiger partial charge in [-0.05, 0) is 12.1 Å². The molecule has 1 heterocycles. The molecule has 84 valence electrons. The molecule has 2 aromatic rings. The van der Waals surface area contributed by atoms with Gasteiger partial charge in [-0.15, -0.1) is 21.8 Å². The van der Waals surface area contributed by atoms with E-state index in [0.29, 0.717) is 39.7 Å². The van der Waals surface area contributed by atoms with Gasteiger partial charge < -0.3 is 4.42 Å². The van der Waals surface area contributed by atoms with Crippen LogP contribution in [-0.4, -0.2) is 16.1 Å². The van der Waals surface area contributed by atoms with Crippen LogP contribution in [0.1, 0.15) is 5.89 Å². The molecule has 0 saturated heterocycles. The fourth-order valence-corrected chi connectivity index (χ4v) is 1.76. The summed E-state index contributed by atoms with van der Waals surface area (Å²) in [6.45, 7) is 0. The Labute approximate surface area is 107 Å². The number of hydrogen-bond donors (Lipinski definition) is 0. The van der Waals surface area contributed by atoms with Crippen LogP contribution >= 0.6 is 34.8 Å². The molecular formula is C10H7Cl3N2O. The van der Waals surface area contributed by atoms with E-state index in [1.807, 2.05) is 0 Å². The molecule has 3 nitrogen and oxygen atoms in total. The second-order valence-corrected chi connectivity index (χ2v) is 4.20. The highest BCUT2D eigenvalue weighted by Crippen LogP contribution is 2.32. The van der Waals surface area contributed by atoms with Crippen molar-refractivity contribution in [2.24, 2.45) is 0 Å². The van der Waals surface area contributed by atoms with E-state index in [0.717, 1.165) is 0 Å². The van der Waals surface area contributed by atoms with Crippen molar-refractivity contribution >= 4 is 34.8 Å². The summed E-state index contributed by atoms with van der Waals surface area (Å²) >= 11 is 17.5. The van der Waals surface area contributed by atoms with Crippen molar-refractivity contribution in [3.63, 3.8) is 0 Å². The van der Waals surface area contributed by atoms with Crippen LogP contribution in [0.4, 0.5) is 0 Å². The molecule has 0 aliphatic rings. The van der Waals surface area contributed by atoms with Gasteiger partial charge in [0, 0.05) is 12.3 Å². The van der Waals surface area contributed by atoms with Gasteiger partial charge in [-0.3, -0.25) is 0 Å². The highest BCUT2D eigenvalue weighted by molar-refractivity contribution is 6.43. The molecule has 0 bridgehead atoms. The van der Waals surface area contributed by atoms with Crippen LogP contribution in [0.3, 0.4) is 0 Å². The first-order valence-corrected chi connectivity index (χ1v) is 5.84. The minimum atomic E-state index is 0.354. The number of alkyl halides is 1. The molecule has 0 amide bonds. The molecule has 0 atom stereocenters. The fraction of sp³-hybridized carbons (Fsp3) is 0.200. The van der Waals surface area contributed by atoms with Gasteiger partial charge in [-0.25, -0.2) is 0 Å². The van der Waals surface area contributed by atoms with Crippen LogP contribution in [0, 0.1) is 0 Å². The molecule has 0 radical (unpaired) electrons. The third-order valence-electron chi connectivity index (χ3n) is 1.96. The molecule has 0 unspecified atom stereocenters. The number of aryl methyl sites for hydroxylation is 1. The molecule has 1 aromatic heterocycles. The van der Waals surface area contributed by atoms with E-state index < -0.39 is 0 Å². The zero-order valence-corrected chi connectivity index (χ0v) is 10.4. The van der Waals surface area contributed by atoms with Gasteiger partial charge in [0.1, 0.15) is 0 Å². The molecule has 1 aromatic carbocycles. The molecule has 0 N–H and O–H groups in total. The average Bonchev–Trinajstić information content (AvgIpc) is 2.71. The Hall–Kier alpha value is -0.770. The van der Waals surface area contributed by atoms with Gasteiger partial charge in [0.15, 0.2) is 0 Å². The van der Waals surface area contributed by atoms with Gasteiger partial charge in [-0.1, -0.05) is 29.3 Å². The lowest BCUT2D eigenvalue weighted by Crippen LogP contribution is -1.84. The van der Waals surface area contributed by atoms with Crippen LogP contribution in [0.15, 0.2) is 22.6 Å². The van der Waals surface area contributed by atoms with Crippen LogP contribution in [0.2, 0.25) is 10.0 Å². The van der Waals surface area contributed by atoms with E-state index in [2.05, 4.69) is 10.2 Å². The Balaban J connectivity index is 2.39. The van der Waals surface area contributed by atoms with Crippen LogP contribution < -0.4 is 0 Å². The average molecular weight is 278 g/mol. The molecule has 16 heavy (non-hydrogen) atoms. The van der Waals surface area contributed by atoms with E-state index in [9.17, 15) is 0 Å². The molecule has 0 aliphatic carbocycles. The van der Waals surface area contributed by atoms with E-state index >= 15 is 0 Å². The Morgan fingerprint density at radius 2 is 2.00 bits per heavy atom. The standard InChI is InChI=1S/C10H7Cl3N2O/c11-5-4-8-14-15-10(16-8)6-2-1-3-7(12)9(6)13/h1-3H,4-5H2. The molecule has 0 fully saturated rings. The quantitative estimate of drug-likeness (QED) is 0.801. The smallest absolute Gasteiger partial charge is 0.249 e. The molecule has 0 spiro atoms. The SMILES string of the molecule is ClCCc1nnc(-c2cccc(Cl)c2Cl)o1. The summed E-state index contributed by atoms with van der Waals surface area (Å²) in [4.78, 5) is 0. The molecule has 2 rings (SSSR count). The topological polar surface area (TPSA) is 38.9 Å². The zero-order chi connectivity index (χ0) is 11.5. The highest BCUT2D eigenvalue weighted by Gasteiger charge is 2.13. The summed E-state index contributed by atoms with van der Waals surface area (Å²) in [6, 6.07) is 5.24. The largest absolute Gasteiger partial charge is 0.421 e. The summed E-state index contributed by atoms with van der Waals surface area (Å²) in [7, 11) is 0. The van der Waals surface area contributed by atoms with Gasteiger partial charge in [0.05, 0.1) is 15.6 Å².